The van der Waals surface area contributed by atoms with Gasteiger partial charge < -0.3 is 33.8 Å². The molecule has 3 aromatic rings. The van der Waals surface area contributed by atoms with Crippen LogP contribution in [0, 0.1) is 0 Å². The number of ether oxygens (including phenoxy) is 5. The van der Waals surface area contributed by atoms with E-state index < -0.39 is 39.5 Å². The number of sulfone groups is 1. The zero-order valence-electron chi connectivity index (χ0n) is 29.5. The molecule has 0 unspecified atom stereocenters. The Kier molecular flexibility index (Phi) is 13.8. The number of hydroxylamine groups is 2. The van der Waals surface area contributed by atoms with Gasteiger partial charge >= 0.3 is 12.1 Å². The van der Waals surface area contributed by atoms with Gasteiger partial charge in [0.1, 0.15) is 29.6 Å². The molecule has 0 spiro atoms. The van der Waals surface area contributed by atoms with Gasteiger partial charge in [-0.2, -0.15) is 0 Å². The molecule has 17 heteroatoms. The largest absolute Gasteiger partial charge is 0.496 e. The van der Waals surface area contributed by atoms with Crippen molar-refractivity contribution < 1.29 is 60.9 Å². The minimum atomic E-state index is -3.81. The standard InChI is InChI=1S/C36H39N3O13S/c1-47-26-19-30(49-3)27(31(20-26)50-4)16-17-53(45,46)22-24-10-13-29(48-2)28(18-24)38-36(44)51-21-23-8-11-25(12-9-23)37-32(40)6-5-7-35(43)52-39-33(41)14-15-34(39)42/h8-13,16-20H,5-7,14-15,21-22H2,1-4H3,(H,37,40)(H,38,44)/b17-16+. The SMILES string of the molecule is COc1cc(OC)c(/C=C/S(=O)(=O)Cc2ccc(OC)c(NC(=O)OCc3ccc(NC(=O)CCCC(=O)ON4C(=O)CCC4=O)cc3)c2)c(OC)c1. The van der Waals surface area contributed by atoms with Crippen molar-refractivity contribution >= 4 is 57.1 Å². The van der Waals surface area contributed by atoms with Crippen LogP contribution < -0.4 is 29.6 Å². The summed E-state index contributed by atoms with van der Waals surface area (Å²) in [4.78, 5) is 64.8. The highest BCUT2D eigenvalue weighted by molar-refractivity contribution is 7.93. The first kappa shape index (κ1) is 39.7. The molecule has 0 radical (unpaired) electrons. The molecule has 4 amide bonds. The van der Waals surface area contributed by atoms with Crippen molar-refractivity contribution in [2.24, 2.45) is 0 Å². The second-order valence-corrected chi connectivity index (χ2v) is 13.3. The van der Waals surface area contributed by atoms with Crippen LogP contribution in [0.2, 0.25) is 0 Å². The van der Waals surface area contributed by atoms with Crippen LogP contribution in [-0.4, -0.2) is 71.7 Å². The van der Waals surface area contributed by atoms with Crippen LogP contribution in [-0.2, 0) is 50.9 Å². The molecule has 1 aliphatic rings. The van der Waals surface area contributed by atoms with Gasteiger partial charge in [0.2, 0.25) is 5.91 Å². The number of nitrogens with one attached hydrogen (secondary N) is 2. The third-order valence-electron chi connectivity index (χ3n) is 7.65. The van der Waals surface area contributed by atoms with E-state index >= 15 is 0 Å². The fourth-order valence-electron chi connectivity index (χ4n) is 4.99. The van der Waals surface area contributed by atoms with Crippen molar-refractivity contribution in [3.05, 3.63) is 76.7 Å². The van der Waals surface area contributed by atoms with E-state index in [0.29, 0.717) is 44.7 Å². The number of rotatable bonds is 17. The molecule has 16 nitrogen and oxygen atoms in total. The lowest BCUT2D eigenvalue weighted by atomic mass is 10.1. The molecule has 0 aromatic heterocycles. The number of hydrogen-bond acceptors (Lipinski definition) is 13. The van der Waals surface area contributed by atoms with E-state index in [-0.39, 0.29) is 56.1 Å². The Morgan fingerprint density at radius 1 is 0.774 bits per heavy atom. The summed E-state index contributed by atoms with van der Waals surface area (Å²) in [5.74, 6) is -1.24. The maximum Gasteiger partial charge on any atom is 0.412 e. The minimum absolute atomic E-state index is 0.00676. The minimum Gasteiger partial charge on any atom is -0.496 e. The summed E-state index contributed by atoms with van der Waals surface area (Å²) in [5.41, 5.74) is 2.04. The van der Waals surface area contributed by atoms with Gasteiger partial charge in [-0.1, -0.05) is 18.2 Å². The highest BCUT2D eigenvalue weighted by atomic mass is 32.2. The first-order valence-corrected chi connectivity index (χ1v) is 17.8. The Morgan fingerprint density at radius 3 is 2.00 bits per heavy atom. The second-order valence-electron chi connectivity index (χ2n) is 11.4. The normalized spacial score (nSPS) is 12.7. The molecule has 1 heterocycles. The van der Waals surface area contributed by atoms with Gasteiger partial charge in [-0.05, 0) is 47.9 Å². The average molecular weight is 754 g/mol. The molecule has 0 aliphatic carbocycles. The van der Waals surface area contributed by atoms with E-state index in [1.807, 2.05) is 0 Å². The average Bonchev–Trinajstić information content (AvgIpc) is 3.45. The number of nitrogens with zero attached hydrogens (tertiary/aromatic N) is 1. The number of amides is 4. The van der Waals surface area contributed by atoms with Crippen molar-refractivity contribution in [2.75, 3.05) is 39.1 Å². The summed E-state index contributed by atoms with van der Waals surface area (Å²) in [5, 5.41) is 6.77. The highest BCUT2D eigenvalue weighted by Gasteiger charge is 2.32. The van der Waals surface area contributed by atoms with Gasteiger partial charge in [-0.15, -0.1) is 5.06 Å². The highest BCUT2D eigenvalue weighted by Crippen LogP contribution is 2.35. The molecule has 4 rings (SSSR count). The van der Waals surface area contributed by atoms with Gasteiger partial charge in [0.05, 0.1) is 45.4 Å². The van der Waals surface area contributed by atoms with E-state index in [4.69, 9.17) is 28.5 Å². The van der Waals surface area contributed by atoms with E-state index in [1.165, 1.54) is 46.6 Å². The maximum absolute atomic E-state index is 13.1. The Bertz CT molecular complexity index is 1940. The fourth-order valence-corrected chi connectivity index (χ4v) is 6.08. The lowest BCUT2D eigenvalue weighted by molar-refractivity contribution is -0.197. The number of benzene rings is 3. The van der Waals surface area contributed by atoms with E-state index in [2.05, 4.69) is 10.6 Å². The quantitative estimate of drug-likeness (QED) is 0.179. The van der Waals surface area contributed by atoms with Crippen LogP contribution in [0.15, 0.2) is 60.0 Å². The number of anilines is 2. The van der Waals surface area contributed by atoms with Crippen LogP contribution in [0.5, 0.6) is 23.0 Å². The molecule has 0 saturated carbocycles. The third kappa shape index (κ3) is 11.4. The van der Waals surface area contributed by atoms with Gasteiger partial charge in [-0.3, -0.25) is 19.7 Å². The molecule has 53 heavy (non-hydrogen) atoms. The Balaban J connectivity index is 1.27. The molecule has 2 N–H and O–H groups in total. The number of hydrogen-bond donors (Lipinski definition) is 2. The van der Waals surface area contributed by atoms with Crippen LogP contribution in [0.4, 0.5) is 16.2 Å². The predicted molar refractivity (Wildman–Crippen MR) is 191 cm³/mol. The van der Waals surface area contributed by atoms with Gasteiger partial charge in [0, 0.05) is 48.9 Å². The molecule has 0 bridgehead atoms. The summed E-state index contributed by atoms with van der Waals surface area (Å²) in [6.07, 6.45) is 0.507. The molecule has 3 aromatic carbocycles. The molecule has 1 aliphatic heterocycles. The monoisotopic (exact) mass is 753 g/mol. The summed E-state index contributed by atoms with van der Waals surface area (Å²) in [7, 11) is 1.96. The van der Waals surface area contributed by atoms with E-state index in [1.54, 1.807) is 42.5 Å². The smallest absolute Gasteiger partial charge is 0.412 e. The van der Waals surface area contributed by atoms with Crippen molar-refractivity contribution in [3.8, 4) is 23.0 Å². The lowest BCUT2D eigenvalue weighted by Gasteiger charge is -2.13. The summed E-state index contributed by atoms with van der Waals surface area (Å²) in [6, 6.07) is 14.3. The predicted octanol–water partition coefficient (Wildman–Crippen LogP) is 4.77. The van der Waals surface area contributed by atoms with Gasteiger partial charge in [0.15, 0.2) is 9.84 Å². The maximum atomic E-state index is 13.1. The van der Waals surface area contributed by atoms with Gasteiger partial charge in [-0.25, -0.2) is 18.0 Å². The first-order chi connectivity index (χ1) is 25.3. The van der Waals surface area contributed by atoms with Crippen molar-refractivity contribution in [1.29, 1.82) is 0 Å². The molecule has 282 valence electrons. The summed E-state index contributed by atoms with van der Waals surface area (Å²) < 4.78 is 52.8. The second kappa shape index (κ2) is 18.4. The van der Waals surface area contributed by atoms with Crippen LogP contribution >= 0.6 is 0 Å². The van der Waals surface area contributed by atoms with Crippen LogP contribution in [0.3, 0.4) is 0 Å². The topological polar surface area (TPSA) is 202 Å². The molecule has 1 fully saturated rings. The Morgan fingerprint density at radius 2 is 1.40 bits per heavy atom. The Labute approximate surface area is 305 Å². The Hall–Kier alpha value is -6.10. The first-order valence-electron chi connectivity index (χ1n) is 16.1. The zero-order chi connectivity index (χ0) is 38.5. The third-order valence-corrected chi connectivity index (χ3v) is 8.94. The van der Waals surface area contributed by atoms with Crippen molar-refractivity contribution in [2.45, 2.75) is 44.5 Å². The number of methoxy groups -OCH3 is 4. The van der Waals surface area contributed by atoms with Gasteiger partial charge in [0.25, 0.3) is 11.8 Å². The zero-order valence-corrected chi connectivity index (χ0v) is 30.3. The van der Waals surface area contributed by atoms with Crippen LogP contribution in [0.25, 0.3) is 6.08 Å². The fraction of sp³-hybridized carbons (Fsp3) is 0.306. The molecule has 0 atom stereocenters. The molecule has 1 saturated heterocycles. The van der Waals surface area contributed by atoms with Crippen molar-refractivity contribution in [3.63, 3.8) is 0 Å². The molecular weight excluding hydrogens is 714 g/mol. The van der Waals surface area contributed by atoms with E-state index in [0.717, 1.165) is 5.41 Å². The van der Waals surface area contributed by atoms with Crippen LogP contribution in [0.1, 0.15) is 48.8 Å². The van der Waals surface area contributed by atoms with E-state index in [9.17, 15) is 32.4 Å². The number of carbonyl (C=O) groups is 5. The number of imide groups is 1. The summed E-state index contributed by atoms with van der Waals surface area (Å²) >= 11 is 0. The summed E-state index contributed by atoms with van der Waals surface area (Å²) in [6.45, 7) is -0.121. The lowest BCUT2D eigenvalue weighted by Crippen LogP contribution is -2.32. The van der Waals surface area contributed by atoms with Crippen molar-refractivity contribution in [1.82, 2.24) is 5.06 Å². The molecular formula is C36H39N3O13S. The number of carbonyl (C=O) groups excluding carboxylic acids is 5.